The van der Waals surface area contributed by atoms with Crippen molar-refractivity contribution < 1.29 is 0 Å². The molecule has 0 aromatic carbocycles. The summed E-state index contributed by atoms with van der Waals surface area (Å²) in [6.07, 6.45) is 11.6. The maximum Gasteiger partial charge on any atom is 0.191 e. The van der Waals surface area contributed by atoms with Crippen LogP contribution < -0.4 is 10.6 Å². The number of aromatic nitrogens is 2. The quantitative estimate of drug-likeness (QED) is 0.594. The smallest absolute Gasteiger partial charge is 0.191 e. The largest absolute Gasteiger partial charge is 0.354 e. The summed E-state index contributed by atoms with van der Waals surface area (Å²) in [6.45, 7) is 2.81. The average Bonchev–Trinajstić information content (AvgIpc) is 2.96. The molecule has 0 saturated heterocycles. The van der Waals surface area contributed by atoms with Crippen LogP contribution in [0.25, 0.3) is 0 Å². The minimum Gasteiger partial charge on any atom is -0.354 e. The van der Waals surface area contributed by atoms with Crippen LogP contribution in [0.1, 0.15) is 56.2 Å². The SMILES string of the molecule is CN=C(NCc1cn[nH]c1C)NC1CCC2CCCCC2C1. The zero-order valence-electron chi connectivity index (χ0n) is 13.9. The van der Waals surface area contributed by atoms with Gasteiger partial charge in [-0.15, -0.1) is 0 Å². The van der Waals surface area contributed by atoms with Crippen LogP contribution in [0.15, 0.2) is 11.2 Å². The Morgan fingerprint density at radius 2 is 2.09 bits per heavy atom. The summed E-state index contributed by atoms with van der Waals surface area (Å²) in [4.78, 5) is 4.38. The molecule has 0 aliphatic heterocycles. The maximum absolute atomic E-state index is 4.38. The Labute approximate surface area is 133 Å². The molecule has 3 rings (SSSR count). The van der Waals surface area contributed by atoms with Crippen molar-refractivity contribution in [1.82, 2.24) is 20.8 Å². The molecule has 5 nitrogen and oxygen atoms in total. The number of guanidine groups is 1. The van der Waals surface area contributed by atoms with E-state index in [1.54, 1.807) is 0 Å². The summed E-state index contributed by atoms with van der Waals surface area (Å²) in [6, 6.07) is 0.580. The van der Waals surface area contributed by atoms with Gasteiger partial charge in [-0.3, -0.25) is 10.1 Å². The molecule has 5 heteroatoms. The third kappa shape index (κ3) is 3.62. The topological polar surface area (TPSA) is 65.1 Å². The zero-order chi connectivity index (χ0) is 15.4. The number of H-pyrrole nitrogens is 1. The number of fused-ring (bicyclic) bond motifs is 1. The second kappa shape index (κ2) is 7.16. The van der Waals surface area contributed by atoms with Crippen LogP contribution in [-0.4, -0.2) is 29.2 Å². The number of nitrogens with zero attached hydrogens (tertiary/aromatic N) is 2. The average molecular weight is 303 g/mol. The summed E-state index contributed by atoms with van der Waals surface area (Å²) >= 11 is 0. The van der Waals surface area contributed by atoms with Gasteiger partial charge in [0.05, 0.1) is 6.20 Å². The lowest BCUT2D eigenvalue weighted by Gasteiger charge is -2.39. The molecule has 1 aromatic rings. The molecule has 122 valence electrons. The van der Waals surface area contributed by atoms with Crippen LogP contribution in [0.3, 0.4) is 0 Å². The van der Waals surface area contributed by atoms with E-state index in [2.05, 4.69) is 25.8 Å². The molecule has 3 atom stereocenters. The number of aryl methyl sites for hydroxylation is 1. The maximum atomic E-state index is 4.38. The van der Waals surface area contributed by atoms with E-state index in [0.29, 0.717) is 6.04 Å². The van der Waals surface area contributed by atoms with E-state index >= 15 is 0 Å². The molecule has 0 amide bonds. The van der Waals surface area contributed by atoms with Crippen molar-refractivity contribution in [3.8, 4) is 0 Å². The first kappa shape index (κ1) is 15.4. The number of nitrogens with one attached hydrogen (secondary N) is 3. The molecular formula is C17H29N5. The Kier molecular flexibility index (Phi) is 5.01. The molecule has 2 aliphatic carbocycles. The molecule has 3 unspecified atom stereocenters. The number of aromatic amines is 1. The molecule has 2 saturated carbocycles. The molecule has 0 spiro atoms. The predicted octanol–water partition coefficient (Wildman–Crippen LogP) is 2.74. The van der Waals surface area contributed by atoms with Crippen molar-refractivity contribution in [3.05, 3.63) is 17.5 Å². The zero-order valence-corrected chi connectivity index (χ0v) is 13.9. The van der Waals surface area contributed by atoms with Crippen LogP contribution in [-0.2, 0) is 6.54 Å². The second-order valence-electron chi connectivity index (χ2n) is 6.90. The van der Waals surface area contributed by atoms with Gasteiger partial charge < -0.3 is 10.6 Å². The fourth-order valence-electron chi connectivity index (χ4n) is 4.13. The van der Waals surface area contributed by atoms with E-state index in [-0.39, 0.29) is 0 Å². The monoisotopic (exact) mass is 303 g/mol. The third-order valence-corrected chi connectivity index (χ3v) is 5.48. The molecule has 1 heterocycles. The van der Waals surface area contributed by atoms with Crippen LogP contribution in [0, 0.1) is 18.8 Å². The second-order valence-corrected chi connectivity index (χ2v) is 6.90. The van der Waals surface area contributed by atoms with E-state index in [0.717, 1.165) is 30.0 Å². The van der Waals surface area contributed by atoms with Gasteiger partial charge in [-0.2, -0.15) is 5.10 Å². The van der Waals surface area contributed by atoms with Gasteiger partial charge in [0.15, 0.2) is 5.96 Å². The Hall–Kier alpha value is -1.52. The summed E-state index contributed by atoms with van der Waals surface area (Å²) in [5, 5.41) is 14.1. The Morgan fingerprint density at radius 3 is 2.82 bits per heavy atom. The van der Waals surface area contributed by atoms with Gasteiger partial charge in [-0.1, -0.05) is 25.7 Å². The Balaban J connectivity index is 1.49. The number of hydrogen-bond acceptors (Lipinski definition) is 2. The van der Waals surface area contributed by atoms with Crippen molar-refractivity contribution in [2.24, 2.45) is 16.8 Å². The Bertz CT molecular complexity index is 507. The predicted molar refractivity (Wildman–Crippen MR) is 89.7 cm³/mol. The first-order valence-corrected chi connectivity index (χ1v) is 8.72. The first-order valence-electron chi connectivity index (χ1n) is 8.72. The van der Waals surface area contributed by atoms with Gasteiger partial charge in [0.2, 0.25) is 0 Å². The van der Waals surface area contributed by atoms with Crippen LogP contribution in [0.5, 0.6) is 0 Å². The van der Waals surface area contributed by atoms with E-state index < -0.39 is 0 Å². The van der Waals surface area contributed by atoms with E-state index in [1.807, 2.05) is 20.2 Å². The summed E-state index contributed by atoms with van der Waals surface area (Å²) in [7, 11) is 1.85. The molecule has 2 aliphatic rings. The first-order chi connectivity index (χ1) is 10.8. The highest BCUT2D eigenvalue weighted by Crippen LogP contribution is 2.40. The summed E-state index contributed by atoms with van der Waals surface area (Å²) in [5.74, 6) is 2.85. The number of aliphatic imine (C=N–C) groups is 1. The van der Waals surface area contributed by atoms with Crippen molar-refractivity contribution in [3.63, 3.8) is 0 Å². The number of rotatable bonds is 3. The fourth-order valence-corrected chi connectivity index (χ4v) is 4.13. The molecule has 2 fully saturated rings. The van der Waals surface area contributed by atoms with Gasteiger partial charge in [0.1, 0.15) is 0 Å². The van der Waals surface area contributed by atoms with Crippen LogP contribution in [0.4, 0.5) is 0 Å². The van der Waals surface area contributed by atoms with Crippen LogP contribution >= 0.6 is 0 Å². The lowest BCUT2D eigenvalue weighted by atomic mass is 9.69. The lowest BCUT2D eigenvalue weighted by molar-refractivity contribution is 0.150. The van der Waals surface area contributed by atoms with Gasteiger partial charge in [-0.05, 0) is 38.0 Å². The van der Waals surface area contributed by atoms with E-state index in [4.69, 9.17) is 0 Å². The standard InChI is InChI=1S/C17H29N5/c1-12-15(11-20-22-12)10-19-17(18-2)21-16-8-7-13-5-3-4-6-14(13)9-16/h11,13-14,16H,3-10H2,1-2H3,(H,20,22)(H2,18,19,21). The van der Waals surface area contributed by atoms with E-state index in [9.17, 15) is 0 Å². The van der Waals surface area contributed by atoms with Crippen molar-refractivity contribution in [2.45, 2.75) is 64.5 Å². The highest BCUT2D eigenvalue weighted by molar-refractivity contribution is 5.79. The summed E-state index contributed by atoms with van der Waals surface area (Å²) in [5.41, 5.74) is 2.31. The minimum atomic E-state index is 0.580. The fraction of sp³-hybridized carbons (Fsp3) is 0.765. The molecule has 0 bridgehead atoms. The van der Waals surface area contributed by atoms with Gasteiger partial charge in [0, 0.05) is 30.9 Å². The molecule has 3 N–H and O–H groups in total. The third-order valence-electron chi connectivity index (χ3n) is 5.48. The van der Waals surface area contributed by atoms with Crippen LogP contribution in [0.2, 0.25) is 0 Å². The lowest BCUT2D eigenvalue weighted by Crippen LogP contribution is -2.46. The van der Waals surface area contributed by atoms with Crippen molar-refractivity contribution in [2.75, 3.05) is 7.05 Å². The molecule has 22 heavy (non-hydrogen) atoms. The van der Waals surface area contributed by atoms with Gasteiger partial charge >= 0.3 is 0 Å². The summed E-state index contributed by atoms with van der Waals surface area (Å²) < 4.78 is 0. The Morgan fingerprint density at radius 1 is 1.27 bits per heavy atom. The van der Waals surface area contributed by atoms with Crippen molar-refractivity contribution in [1.29, 1.82) is 0 Å². The molecular weight excluding hydrogens is 274 g/mol. The number of hydrogen-bond donors (Lipinski definition) is 3. The van der Waals surface area contributed by atoms with Gasteiger partial charge in [0.25, 0.3) is 0 Å². The highest BCUT2D eigenvalue weighted by atomic mass is 15.2. The highest BCUT2D eigenvalue weighted by Gasteiger charge is 2.32. The molecule has 1 aromatic heterocycles. The normalized spacial score (nSPS) is 29.0. The van der Waals surface area contributed by atoms with E-state index in [1.165, 1.54) is 50.5 Å². The van der Waals surface area contributed by atoms with Gasteiger partial charge in [-0.25, -0.2) is 0 Å². The van der Waals surface area contributed by atoms with Crippen molar-refractivity contribution >= 4 is 5.96 Å². The minimum absolute atomic E-state index is 0.580. The molecule has 0 radical (unpaired) electrons.